The second-order valence-electron chi connectivity index (χ2n) is 5.56. The molecule has 0 bridgehead atoms. The molecule has 0 radical (unpaired) electrons. The van der Waals surface area contributed by atoms with E-state index in [9.17, 15) is 4.79 Å². The maximum Gasteiger partial charge on any atom is 0.254 e. The number of nitrogens with zero attached hydrogens (tertiary/aromatic N) is 1. The number of hydrogen-bond donors (Lipinski definition) is 2. The molecule has 2 rings (SSSR count). The lowest BCUT2D eigenvalue weighted by atomic mass is 9.89. The summed E-state index contributed by atoms with van der Waals surface area (Å²) in [6.45, 7) is 3.77. The van der Waals surface area contributed by atoms with Crippen LogP contribution in [0.3, 0.4) is 0 Å². The Balaban J connectivity index is 1.90. The molecule has 2 N–H and O–H groups in total. The largest absolute Gasteiger partial charge is 0.384 e. The fourth-order valence-corrected chi connectivity index (χ4v) is 2.71. The minimum atomic E-state index is -0.0118. The Kier molecular flexibility index (Phi) is 5.84. The van der Waals surface area contributed by atoms with Crippen LogP contribution in [0.25, 0.3) is 0 Å². The summed E-state index contributed by atoms with van der Waals surface area (Å²) in [4.78, 5) is 16.3. The quantitative estimate of drug-likeness (QED) is 0.838. The van der Waals surface area contributed by atoms with Crippen LogP contribution in [0.4, 0.5) is 5.69 Å². The van der Waals surface area contributed by atoms with Crippen molar-refractivity contribution in [2.75, 3.05) is 18.4 Å². The topological polar surface area (TPSA) is 54.0 Å². The highest BCUT2D eigenvalue weighted by Crippen LogP contribution is 2.23. The summed E-state index contributed by atoms with van der Waals surface area (Å²) in [7, 11) is 0. The number of aromatic nitrogens is 1. The molecule has 1 saturated carbocycles. The lowest BCUT2D eigenvalue weighted by molar-refractivity contribution is 0.0944. The third-order valence-corrected chi connectivity index (χ3v) is 3.91. The van der Waals surface area contributed by atoms with Gasteiger partial charge in [-0.3, -0.25) is 9.78 Å². The monoisotopic (exact) mass is 275 g/mol. The molecule has 4 heteroatoms. The molecule has 20 heavy (non-hydrogen) atoms. The molecule has 0 unspecified atom stereocenters. The molecule has 0 spiro atoms. The van der Waals surface area contributed by atoms with Crippen molar-refractivity contribution in [3.8, 4) is 0 Å². The summed E-state index contributed by atoms with van der Waals surface area (Å²) in [5, 5.41) is 6.35. The van der Waals surface area contributed by atoms with Gasteiger partial charge >= 0.3 is 0 Å². The molecule has 0 atom stereocenters. The predicted molar refractivity (Wildman–Crippen MR) is 81.9 cm³/mol. The number of nitrogens with one attached hydrogen (secondary N) is 2. The van der Waals surface area contributed by atoms with Crippen LogP contribution in [0.15, 0.2) is 18.5 Å². The van der Waals surface area contributed by atoms with Gasteiger partial charge in [-0.1, -0.05) is 26.2 Å². The van der Waals surface area contributed by atoms with Crippen LogP contribution in [0, 0.1) is 5.92 Å². The minimum Gasteiger partial charge on any atom is -0.384 e. The highest BCUT2D eigenvalue weighted by molar-refractivity contribution is 5.99. The van der Waals surface area contributed by atoms with E-state index in [0.717, 1.165) is 25.2 Å². The van der Waals surface area contributed by atoms with Gasteiger partial charge in [0.25, 0.3) is 5.91 Å². The number of hydrogen-bond acceptors (Lipinski definition) is 3. The van der Waals surface area contributed by atoms with E-state index in [1.54, 1.807) is 12.4 Å². The molecule has 1 aliphatic rings. The van der Waals surface area contributed by atoms with Crippen LogP contribution in [0.2, 0.25) is 0 Å². The minimum absolute atomic E-state index is 0.0118. The van der Waals surface area contributed by atoms with Crippen molar-refractivity contribution in [1.82, 2.24) is 10.3 Å². The smallest absolute Gasteiger partial charge is 0.254 e. The first-order valence-corrected chi connectivity index (χ1v) is 7.77. The average molecular weight is 275 g/mol. The number of amides is 1. The fraction of sp³-hybridized carbons (Fsp3) is 0.625. The van der Waals surface area contributed by atoms with Gasteiger partial charge in [0.05, 0.1) is 11.3 Å². The summed E-state index contributed by atoms with van der Waals surface area (Å²) < 4.78 is 0. The molecule has 1 aromatic heterocycles. The van der Waals surface area contributed by atoms with Crippen LogP contribution < -0.4 is 10.6 Å². The standard InChI is InChI=1S/C16H25N3O/c1-2-9-18-15-8-10-17-12-14(15)16(20)19-11-13-6-4-3-5-7-13/h8,10,12-13H,2-7,9,11H2,1H3,(H,17,18)(H,19,20). The van der Waals surface area contributed by atoms with Gasteiger partial charge in [-0.2, -0.15) is 0 Å². The molecule has 1 aliphatic carbocycles. The number of carbonyl (C=O) groups is 1. The zero-order chi connectivity index (χ0) is 14.2. The van der Waals surface area contributed by atoms with Gasteiger partial charge in [0.15, 0.2) is 0 Å². The van der Waals surface area contributed by atoms with Crippen LogP contribution >= 0.6 is 0 Å². The molecule has 110 valence electrons. The number of pyridine rings is 1. The lowest BCUT2D eigenvalue weighted by Gasteiger charge is -2.22. The molecular weight excluding hydrogens is 250 g/mol. The molecular formula is C16H25N3O. The van der Waals surface area contributed by atoms with E-state index in [4.69, 9.17) is 0 Å². The maximum absolute atomic E-state index is 12.3. The highest BCUT2D eigenvalue weighted by Gasteiger charge is 2.16. The van der Waals surface area contributed by atoms with E-state index in [-0.39, 0.29) is 5.91 Å². The van der Waals surface area contributed by atoms with Gasteiger partial charge in [0.1, 0.15) is 0 Å². The van der Waals surface area contributed by atoms with Crippen molar-refractivity contribution >= 4 is 11.6 Å². The van der Waals surface area contributed by atoms with E-state index >= 15 is 0 Å². The first-order valence-electron chi connectivity index (χ1n) is 7.77. The zero-order valence-corrected chi connectivity index (χ0v) is 12.3. The maximum atomic E-state index is 12.3. The van der Waals surface area contributed by atoms with Crippen LogP contribution in [-0.2, 0) is 0 Å². The second kappa shape index (κ2) is 7.88. The van der Waals surface area contributed by atoms with Crippen LogP contribution in [0.5, 0.6) is 0 Å². The Morgan fingerprint density at radius 1 is 1.35 bits per heavy atom. The van der Waals surface area contributed by atoms with E-state index in [0.29, 0.717) is 11.5 Å². The molecule has 0 aliphatic heterocycles. The molecule has 1 heterocycles. The zero-order valence-electron chi connectivity index (χ0n) is 12.3. The van der Waals surface area contributed by atoms with Crippen molar-refractivity contribution in [2.45, 2.75) is 45.4 Å². The van der Waals surface area contributed by atoms with Crippen LogP contribution in [-0.4, -0.2) is 24.0 Å². The van der Waals surface area contributed by atoms with Gasteiger partial charge in [0, 0.05) is 25.5 Å². The van der Waals surface area contributed by atoms with E-state index in [2.05, 4.69) is 22.5 Å². The third-order valence-electron chi connectivity index (χ3n) is 3.91. The molecule has 0 saturated heterocycles. The molecule has 0 aromatic carbocycles. The van der Waals surface area contributed by atoms with Gasteiger partial charge < -0.3 is 10.6 Å². The van der Waals surface area contributed by atoms with E-state index in [1.807, 2.05) is 6.07 Å². The molecule has 1 amide bonds. The van der Waals surface area contributed by atoms with Gasteiger partial charge in [0.2, 0.25) is 0 Å². The highest BCUT2D eigenvalue weighted by atomic mass is 16.1. The van der Waals surface area contributed by atoms with Crippen molar-refractivity contribution in [2.24, 2.45) is 5.92 Å². The lowest BCUT2D eigenvalue weighted by Crippen LogP contribution is -2.30. The molecule has 1 aromatic rings. The summed E-state index contributed by atoms with van der Waals surface area (Å²) in [6.07, 6.45) is 10.8. The Bertz CT molecular complexity index is 427. The summed E-state index contributed by atoms with van der Waals surface area (Å²) in [5.74, 6) is 0.638. The van der Waals surface area contributed by atoms with E-state index < -0.39 is 0 Å². The normalized spacial score (nSPS) is 15.8. The Hall–Kier alpha value is -1.58. The van der Waals surface area contributed by atoms with Crippen molar-refractivity contribution in [3.63, 3.8) is 0 Å². The molecule has 4 nitrogen and oxygen atoms in total. The van der Waals surface area contributed by atoms with Gasteiger partial charge in [-0.05, 0) is 31.2 Å². The second-order valence-corrected chi connectivity index (χ2v) is 5.56. The Morgan fingerprint density at radius 2 is 2.15 bits per heavy atom. The Labute approximate surface area is 121 Å². The SMILES string of the molecule is CCCNc1ccncc1C(=O)NCC1CCCCC1. The van der Waals surface area contributed by atoms with Gasteiger partial charge in [-0.25, -0.2) is 0 Å². The fourth-order valence-electron chi connectivity index (χ4n) is 2.71. The van der Waals surface area contributed by atoms with Crippen molar-refractivity contribution < 1.29 is 4.79 Å². The number of carbonyl (C=O) groups excluding carboxylic acids is 1. The number of rotatable bonds is 6. The van der Waals surface area contributed by atoms with Gasteiger partial charge in [-0.15, -0.1) is 0 Å². The Morgan fingerprint density at radius 3 is 2.90 bits per heavy atom. The predicted octanol–water partition coefficient (Wildman–Crippen LogP) is 3.21. The summed E-state index contributed by atoms with van der Waals surface area (Å²) in [5.41, 5.74) is 1.53. The summed E-state index contributed by atoms with van der Waals surface area (Å²) >= 11 is 0. The van der Waals surface area contributed by atoms with E-state index in [1.165, 1.54) is 32.1 Å². The van der Waals surface area contributed by atoms with Crippen molar-refractivity contribution in [1.29, 1.82) is 0 Å². The number of anilines is 1. The first-order chi connectivity index (χ1) is 9.81. The van der Waals surface area contributed by atoms with Crippen LogP contribution in [0.1, 0.15) is 55.8 Å². The first kappa shape index (κ1) is 14.8. The molecule has 1 fully saturated rings. The average Bonchev–Trinajstić information content (AvgIpc) is 2.52. The van der Waals surface area contributed by atoms with Crippen molar-refractivity contribution in [3.05, 3.63) is 24.0 Å². The summed E-state index contributed by atoms with van der Waals surface area (Å²) in [6, 6.07) is 1.87. The third kappa shape index (κ3) is 4.22.